The lowest BCUT2D eigenvalue weighted by Gasteiger charge is -2.05. The molecule has 12 heavy (non-hydrogen) atoms. The summed E-state index contributed by atoms with van der Waals surface area (Å²) in [5, 5.41) is 0. The van der Waals surface area contributed by atoms with Gasteiger partial charge in [0.25, 0.3) is 0 Å². The molecule has 0 aliphatic carbocycles. The molecule has 3 heteroatoms. The van der Waals surface area contributed by atoms with Gasteiger partial charge < -0.3 is 5.73 Å². The number of hydrogen-bond donors (Lipinski definition) is 1. The highest BCUT2D eigenvalue weighted by Gasteiger charge is 2.00. The number of anilines is 1. The summed E-state index contributed by atoms with van der Waals surface area (Å²) in [5.74, 6) is 0.500. The van der Waals surface area contributed by atoms with Crippen molar-refractivity contribution in [3.63, 3.8) is 0 Å². The zero-order valence-corrected chi connectivity index (χ0v) is 8.58. The smallest absolute Gasteiger partial charge is 0.0494 e. The quantitative estimate of drug-likeness (QED) is 0.584. The first kappa shape index (κ1) is 11.6. The standard InChI is InChI=1S/C9H12ClN.ClH/c1-2-7-4-3-5-8(6-10)9(7)11;/h3-5H,2,6,11H2,1H3;1H. The zero-order chi connectivity index (χ0) is 8.27. The molecule has 0 spiro atoms. The minimum Gasteiger partial charge on any atom is -0.398 e. The highest BCUT2D eigenvalue weighted by Crippen LogP contribution is 2.19. The molecule has 1 nitrogen and oxygen atoms in total. The van der Waals surface area contributed by atoms with E-state index in [0.717, 1.165) is 17.7 Å². The molecule has 1 aromatic carbocycles. The number of nitrogen functional groups attached to an aromatic ring is 1. The van der Waals surface area contributed by atoms with Crippen LogP contribution in [0, 0.1) is 0 Å². The molecule has 1 aromatic rings. The molecule has 0 heterocycles. The van der Waals surface area contributed by atoms with Crippen molar-refractivity contribution in [2.45, 2.75) is 19.2 Å². The molecule has 0 aliphatic rings. The second-order valence-electron chi connectivity index (χ2n) is 2.48. The first-order valence-corrected chi connectivity index (χ1v) is 4.25. The summed E-state index contributed by atoms with van der Waals surface area (Å²) in [6, 6.07) is 5.99. The van der Waals surface area contributed by atoms with Gasteiger partial charge in [0.05, 0.1) is 0 Å². The monoisotopic (exact) mass is 205 g/mol. The fourth-order valence-electron chi connectivity index (χ4n) is 1.09. The van der Waals surface area contributed by atoms with Crippen LogP contribution in [0.1, 0.15) is 18.1 Å². The van der Waals surface area contributed by atoms with E-state index in [0.29, 0.717) is 5.88 Å². The third-order valence-corrected chi connectivity index (χ3v) is 2.10. The molecule has 0 fully saturated rings. The van der Waals surface area contributed by atoms with E-state index in [-0.39, 0.29) is 12.4 Å². The molecule has 0 unspecified atom stereocenters. The van der Waals surface area contributed by atoms with Crippen molar-refractivity contribution in [3.05, 3.63) is 29.3 Å². The van der Waals surface area contributed by atoms with Crippen molar-refractivity contribution < 1.29 is 0 Å². The van der Waals surface area contributed by atoms with E-state index < -0.39 is 0 Å². The molecule has 0 bridgehead atoms. The molecule has 2 N–H and O–H groups in total. The topological polar surface area (TPSA) is 26.0 Å². The van der Waals surface area contributed by atoms with Crippen molar-refractivity contribution in [3.8, 4) is 0 Å². The number of para-hydroxylation sites is 1. The highest BCUT2D eigenvalue weighted by molar-refractivity contribution is 6.17. The maximum atomic E-state index is 5.82. The average molecular weight is 206 g/mol. The number of benzene rings is 1. The minimum atomic E-state index is 0. The van der Waals surface area contributed by atoms with E-state index in [4.69, 9.17) is 17.3 Å². The van der Waals surface area contributed by atoms with Crippen LogP contribution in [0.5, 0.6) is 0 Å². The molecule has 0 atom stereocenters. The fourth-order valence-corrected chi connectivity index (χ4v) is 1.32. The summed E-state index contributed by atoms with van der Waals surface area (Å²) in [6.45, 7) is 2.09. The van der Waals surface area contributed by atoms with Crippen LogP contribution in [0.2, 0.25) is 0 Å². The van der Waals surface area contributed by atoms with Crippen LogP contribution in [-0.2, 0) is 12.3 Å². The highest BCUT2D eigenvalue weighted by atomic mass is 35.5. The number of hydrogen-bond acceptors (Lipinski definition) is 1. The Hall–Kier alpha value is -0.400. The van der Waals surface area contributed by atoms with Gasteiger partial charge in [-0.25, -0.2) is 0 Å². The van der Waals surface area contributed by atoms with Gasteiger partial charge in [-0.1, -0.05) is 25.1 Å². The lowest BCUT2D eigenvalue weighted by atomic mass is 10.1. The second kappa shape index (κ2) is 5.28. The van der Waals surface area contributed by atoms with Gasteiger partial charge in [-0.05, 0) is 17.5 Å². The number of aryl methyl sites for hydroxylation is 1. The van der Waals surface area contributed by atoms with Crippen LogP contribution in [0.25, 0.3) is 0 Å². The van der Waals surface area contributed by atoms with Crippen molar-refractivity contribution in [1.29, 1.82) is 0 Å². The minimum absolute atomic E-state index is 0. The SMILES string of the molecule is CCc1cccc(CCl)c1N.Cl. The second-order valence-corrected chi connectivity index (χ2v) is 2.74. The maximum absolute atomic E-state index is 5.82. The normalized spacial score (nSPS) is 9.17. The Morgan fingerprint density at radius 2 is 1.92 bits per heavy atom. The molecule has 0 saturated carbocycles. The predicted molar refractivity (Wildman–Crippen MR) is 57.0 cm³/mol. The zero-order valence-electron chi connectivity index (χ0n) is 7.01. The van der Waals surface area contributed by atoms with Gasteiger partial charge in [0.15, 0.2) is 0 Å². The molecule has 0 radical (unpaired) electrons. The van der Waals surface area contributed by atoms with Crippen LogP contribution < -0.4 is 5.73 Å². The largest absolute Gasteiger partial charge is 0.398 e. The predicted octanol–water partition coefficient (Wildman–Crippen LogP) is 2.99. The Bertz CT molecular complexity index is 226. The third kappa shape index (κ3) is 2.29. The Morgan fingerprint density at radius 3 is 2.42 bits per heavy atom. The molecule has 0 amide bonds. The Balaban J connectivity index is 0.00000121. The first-order chi connectivity index (χ1) is 5.29. The van der Waals surface area contributed by atoms with Gasteiger partial charge in [-0.2, -0.15) is 0 Å². The summed E-state index contributed by atoms with van der Waals surface area (Å²) in [4.78, 5) is 0. The van der Waals surface area contributed by atoms with Gasteiger partial charge in [0.2, 0.25) is 0 Å². The summed E-state index contributed by atoms with van der Waals surface area (Å²) in [5.41, 5.74) is 8.89. The van der Waals surface area contributed by atoms with E-state index in [1.807, 2.05) is 18.2 Å². The molecule has 0 saturated heterocycles. The summed E-state index contributed by atoms with van der Waals surface area (Å²) < 4.78 is 0. The van der Waals surface area contributed by atoms with Crippen molar-refractivity contribution in [2.75, 3.05) is 5.73 Å². The van der Waals surface area contributed by atoms with Gasteiger partial charge in [-0.3, -0.25) is 0 Å². The molecular weight excluding hydrogens is 193 g/mol. The van der Waals surface area contributed by atoms with Gasteiger partial charge in [-0.15, -0.1) is 24.0 Å². The lowest BCUT2D eigenvalue weighted by Crippen LogP contribution is -1.96. The Kier molecular flexibility index (Phi) is 5.11. The van der Waals surface area contributed by atoms with Crippen molar-refractivity contribution in [1.82, 2.24) is 0 Å². The Labute approximate surface area is 84.3 Å². The van der Waals surface area contributed by atoms with Crippen LogP contribution in [0.15, 0.2) is 18.2 Å². The van der Waals surface area contributed by atoms with E-state index in [1.54, 1.807) is 0 Å². The average Bonchev–Trinajstić information content (AvgIpc) is 2.05. The third-order valence-electron chi connectivity index (χ3n) is 1.81. The number of halogens is 2. The maximum Gasteiger partial charge on any atom is 0.0494 e. The van der Waals surface area contributed by atoms with E-state index in [1.165, 1.54) is 5.56 Å². The van der Waals surface area contributed by atoms with Crippen LogP contribution in [0.3, 0.4) is 0 Å². The number of alkyl halides is 1. The van der Waals surface area contributed by atoms with Crippen LogP contribution >= 0.6 is 24.0 Å². The van der Waals surface area contributed by atoms with Crippen molar-refractivity contribution >= 4 is 29.7 Å². The molecular formula is C9H13Cl2N. The van der Waals surface area contributed by atoms with Gasteiger partial charge >= 0.3 is 0 Å². The van der Waals surface area contributed by atoms with E-state index >= 15 is 0 Å². The number of nitrogens with two attached hydrogens (primary N) is 1. The summed E-state index contributed by atoms with van der Waals surface area (Å²) in [7, 11) is 0. The van der Waals surface area contributed by atoms with Gasteiger partial charge in [0.1, 0.15) is 0 Å². The van der Waals surface area contributed by atoms with E-state index in [9.17, 15) is 0 Å². The first-order valence-electron chi connectivity index (χ1n) is 3.71. The molecule has 0 aromatic heterocycles. The summed E-state index contributed by atoms with van der Waals surface area (Å²) in [6.07, 6.45) is 0.969. The lowest BCUT2D eigenvalue weighted by molar-refractivity contribution is 1.13. The molecule has 68 valence electrons. The summed E-state index contributed by atoms with van der Waals surface area (Å²) >= 11 is 5.68. The molecule has 0 aliphatic heterocycles. The molecule has 1 rings (SSSR count). The van der Waals surface area contributed by atoms with E-state index in [2.05, 4.69) is 6.92 Å². The van der Waals surface area contributed by atoms with Crippen LogP contribution in [0.4, 0.5) is 5.69 Å². The number of rotatable bonds is 2. The van der Waals surface area contributed by atoms with Gasteiger partial charge in [0, 0.05) is 11.6 Å². The van der Waals surface area contributed by atoms with Crippen LogP contribution in [-0.4, -0.2) is 0 Å². The Morgan fingerprint density at radius 1 is 1.33 bits per heavy atom. The van der Waals surface area contributed by atoms with Crippen molar-refractivity contribution in [2.24, 2.45) is 0 Å². The fraction of sp³-hybridized carbons (Fsp3) is 0.333.